The van der Waals surface area contributed by atoms with E-state index < -0.39 is 11.4 Å². The van der Waals surface area contributed by atoms with Crippen LogP contribution in [0.4, 0.5) is 5.82 Å². The third-order valence-electron chi connectivity index (χ3n) is 4.24. The Kier molecular flexibility index (Phi) is 4.11. The largest absolute Gasteiger partial charge is 0.481 e. The van der Waals surface area contributed by atoms with Crippen LogP contribution in [-0.2, 0) is 11.3 Å². The lowest BCUT2D eigenvalue weighted by molar-refractivity contribution is -0.149. The zero-order valence-electron chi connectivity index (χ0n) is 12.0. The predicted molar refractivity (Wildman–Crippen MR) is 76.0 cm³/mol. The molecule has 1 aliphatic heterocycles. The molecule has 1 aromatic heterocycles. The summed E-state index contributed by atoms with van der Waals surface area (Å²) in [4.78, 5) is 29.8. The summed E-state index contributed by atoms with van der Waals surface area (Å²) in [7, 11) is 0. The van der Waals surface area contributed by atoms with Gasteiger partial charge in [0.2, 0.25) is 0 Å². The van der Waals surface area contributed by atoms with E-state index in [2.05, 4.69) is 4.98 Å². The maximum Gasteiger partial charge on any atom is 0.311 e. The summed E-state index contributed by atoms with van der Waals surface area (Å²) in [5.41, 5.74) is -0.911. The molecule has 110 valence electrons. The van der Waals surface area contributed by atoms with Crippen molar-refractivity contribution in [1.82, 2.24) is 9.55 Å². The monoisotopic (exact) mass is 279 g/mol. The second-order valence-corrected chi connectivity index (χ2v) is 5.31. The van der Waals surface area contributed by atoms with Crippen molar-refractivity contribution in [2.24, 2.45) is 5.41 Å². The van der Waals surface area contributed by atoms with Crippen molar-refractivity contribution >= 4 is 11.8 Å². The minimum absolute atomic E-state index is 0.146. The van der Waals surface area contributed by atoms with Gasteiger partial charge in [-0.2, -0.15) is 0 Å². The first-order valence-electron chi connectivity index (χ1n) is 7.08. The Labute approximate surface area is 118 Å². The van der Waals surface area contributed by atoms with E-state index in [9.17, 15) is 14.7 Å². The van der Waals surface area contributed by atoms with Crippen LogP contribution in [0.15, 0.2) is 17.2 Å². The summed E-state index contributed by atoms with van der Waals surface area (Å²) < 4.78 is 1.59. The van der Waals surface area contributed by atoms with Crippen molar-refractivity contribution in [2.75, 3.05) is 18.0 Å². The van der Waals surface area contributed by atoms with E-state index in [4.69, 9.17) is 0 Å². The lowest BCUT2D eigenvalue weighted by atomic mass is 9.77. The van der Waals surface area contributed by atoms with E-state index in [1.807, 2.05) is 18.7 Å². The fraction of sp³-hybridized carbons (Fsp3) is 0.643. The molecule has 0 radical (unpaired) electrons. The number of hydrogen-bond acceptors (Lipinski definition) is 4. The maximum atomic E-state index is 12.3. The third kappa shape index (κ3) is 2.42. The van der Waals surface area contributed by atoms with Crippen LogP contribution in [0.25, 0.3) is 0 Å². The first kappa shape index (κ1) is 14.6. The van der Waals surface area contributed by atoms with Crippen molar-refractivity contribution in [3.8, 4) is 0 Å². The molecule has 6 nitrogen and oxygen atoms in total. The summed E-state index contributed by atoms with van der Waals surface area (Å²) in [6, 6.07) is 0. The zero-order chi connectivity index (χ0) is 14.8. The van der Waals surface area contributed by atoms with Gasteiger partial charge in [-0.3, -0.25) is 9.59 Å². The van der Waals surface area contributed by atoms with Crippen LogP contribution in [0.3, 0.4) is 0 Å². The molecule has 0 aromatic carbocycles. The summed E-state index contributed by atoms with van der Waals surface area (Å²) in [6.07, 6.45) is 5.24. The summed E-state index contributed by atoms with van der Waals surface area (Å²) in [5.74, 6) is -0.412. The molecule has 0 aliphatic carbocycles. The smallest absolute Gasteiger partial charge is 0.311 e. The fourth-order valence-corrected chi connectivity index (χ4v) is 2.83. The van der Waals surface area contributed by atoms with Gasteiger partial charge < -0.3 is 14.6 Å². The normalized spacial score (nSPS) is 22.8. The topological polar surface area (TPSA) is 75.4 Å². The molecule has 0 amide bonds. The molecule has 0 spiro atoms. The molecule has 1 fully saturated rings. The number of aryl methyl sites for hydroxylation is 1. The number of anilines is 1. The highest BCUT2D eigenvalue weighted by atomic mass is 16.4. The van der Waals surface area contributed by atoms with Crippen molar-refractivity contribution < 1.29 is 9.90 Å². The van der Waals surface area contributed by atoms with Gasteiger partial charge in [0.25, 0.3) is 5.56 Å². The molecule has 20 heavy (non-hydrogen) atoms. The zero-order valence-corrected chi connectivity index (χ0v) is 12.0. The predicted octanol–water partition coefficient (Wildman–Crippen LogP) is 1.34. The van der Waals surface area contributed by atoms with Gasteiger partial charge in [-0.15, -0.1) is 0 Å². The number of carbonyl (C=O) groups is 1. The lowest BCUT2D eigenvalue weighted by Crippen LogP contribution is -2.49. The number of hydrogen-bond donors (Lipinski definition) is 1. The SMILES string of the molecule is CCn1ccnc(N2CCCC(CC)(C(=O)O)C2)c1=O. The molecule has 1 atom stereocenters. The quantitative estimate of drug-likeness (QED) is 0.900. The van der Waals surface area contributed by atoms with Gasteiger partial charge in [0.05, 0.1) is 5.41 Å². The number of aromatic nitrogens is 2. The van der Waals surface area contributed by atoms with Crippen molar-refractivity contribution in [3.63, 3.8) is 0 Å². The van der Waals surface area contributed by atoms with Crippen molar-refractivity contribution in [2.45, 2.75) is 39.7 Å². The maximum absolute atomic E-state index is 12.3. The molecule has 1 aliphatic rings. The Bertz CT molecular complexity index is 555. The van der Waals surface area contributed by atoms with E-state index >= 15 is 0 Å². The highest BCUT2D eigenvalue weighted by Gasteiger charge is 2.41. The Morgan fingerprint density at radius 1 is 1.50 bits per heavy atom. The van der Waals surface area contributed by atoms with Crippen LogP contribution in [0.1, 0.15) is 33.1 Å². The van der Waals surface area contributed by atoms with E-state index in [1.54, 1.807) is 17.0 Å². The van der Waals surface area contributed by atoms with E-state index in [1.165, 1.54) is 0 Å². The molecule has 2 rings (SSSR count). The highest BCUT2D eigenvalue weighted by Crippen LogP contribution is 2.34. The van der Waals surface area contributed by atoms with Gasteiger partial charge in [-0.1, -0.05) is 6.92 Å². The average molecular weight is 279 g/mol. The Balaban J connectivity index is 2.34. The molecule has 1 unspecified atom stereocenters. The lowest BCUT2D eigenvalue weighted by Gasteiger charge is -2.39. The van der Waals surface area contributed by atoms with Crippen LogP contribution in [0.5, 0.6) is 0 Å². The Morgan fingerprint density at radius 3 is 2.85 bits per heavy atom. The van der Waals surface area contributed by atoms with Crippen LogP contribution in [-0.4, -0.2) is 33.7 Å². The van der Waals surface area contributed by atoms with Gasteiger partial charge in [-0.25, -0.2) is 4.98 Å². The van der Waals surface area contributed by atoms with Crippen molar-refractivity contribution in [3.05, 3.63) is 22.7 Å². The minimum atomic E-state index is -0.781. The van der Waals surface area contributed by atoms with Gasteiger partial charge in [0.1, 0.15) is 0 Å². The molecule has 2 heterocycles. The van der Waals surface area contributed by atoms with Crippen LogP contribution < -0.4 is 10.5 Å². The number of carboxylic acids is 1. The number of nitrogens with zero attached hydrogens (tertiary/aromatic N) is 3. The number of rotatable bonds is 4. The molecule has 1 saturated heterocycles. The molecule has 6 heteroatoms. The average Bonchev–Trinajstić information content (AvgIpc) is 2.47. The number of aliphatic carboxylic acids is 1. The van der Waals surface area contributed by atoms with E-state index in [-0.39, 0.29) is 5.56 Å². The fourth-order valence-electron chi connectivity index (χ4n) is 2.83. The third-order valence-corrected chi connectivity index (χ3v) is 4.24. The highest BCUT2D eigenvalue weighted by molar-refractivity contribution is 5.75. The standard InChI is InChI=1S/C14H21N3O3/c1-3-14(13(19)20)6-5-8-17(10-14)11-12(18)16(4-2)9-7-15-11/h7,9H,3-6,8,10H2,1-2H3,(H,19,20). The molecule has 1 aromatic rings. The van der Waals surface area contributed by atoms with Crippen LogP contribution in [0.2, 0.25) is 0 Å². The summed E-state index contributed by atoms with van der Waals surface area (Å²) >= 11 is 0. The van der Waals surface area contributed by atoms with Gasteiger partial charge >= 0.3 is 5.97 Å². The first-order chi connectivity index (χ1) is 9.54. The molecule has 0 bridgehead atoms. The summed E-state index contributed by atoms with van der Waals surface area (Å²) in [5, 5.41) is 9.49. The molecule has 0 saturated carbocycles. The first-order valence-corrected chi connectivity index (χ1v) is 7.08. The molecular formula is C14H21N3O3. The second-order valence-electron chi connectivity index (χ2n) is 5.31. The summed E-state index contributed by atoms with van der Waals surface area (Å²) in [6.45, 7) is 5.41. The van der Waals surface area contributed by atoms with Crippen molar-refractivity contribution in [1.29, 1.82) is 0 Å². The van der Waals surface area contributed by atoms with Gasteiger partial charge in [-0.05, 0) is 26.2 Å². The number of piperidine rings is 1. The molecule has 1 N–H and O–H groups in total. The van der Waals surface area contributed by atoms with Crippen LogP contribution >= 0.6 is 0 Å². The van der Waals surface area contributed by atoms with Crippen LogP contribution in [0, 0.1) is 5.41 Å². The Hall–Kier alpha value is -1.85. The second kappa shape index (κ2) is 5.64. The minimum Gasteiger partial charge on any atom is -0.481 e. The Morgan fingerprint density at radius 2 is 2.25 bits per heavy atom. The van der Waals surface area contributed by atoms with E-state index in [0.29, 0.717) is 38.3 Å². The van der Waals surface area contributed by atoms with Gasteiger partial charge in [0.15, 0.2) is 5.82 Å². The van der Waals surface area contributed by atoms with Gasteiger partial charge in [0, 0.05) is 32.0 Å². The van der Waals surface area contributed by atoms with E-state index in [0.717, 1.165) is 6.42 Å². The number of carboxylic acid groups (broad SMARTS) is 1. The molecular weight excluding hydrogens is 258 g/mol.